The van der Waals surface area contributed by atoms with E-state index in [-0.39, 0.29) is 27.8 Å². The fraction of sp³-hybridized carbons (Fsp3) is 0.423. The maximum absolute atomic E-state index is 13.1. The molecule has 1 aliphatic heterocycles. The van der Waals surface area contributed by atoms with E-state index in [9.17, 15) is 36.3 Å². The summed E-state index contributed by atoms with van der Waals surface area (Å²) >= 11 is 0.640. The van der Waals surface area contributed by atoms with Crippen LogP contribution in [0.3, 0.4) is 0 Å². The normalized spacial score (nSPS) is 20.8. The summed E-state index contributed by atoms with van der Waals surface area (Å²) in [6.07, 6.45) is -4.04. The fourth-order valence-electron chi connectivity index (χ4n) is 4.71. The fourth-order valence-corrected chi connectivity index (χ4v) is 7.38. The summed E-state index contributed by atoms with van der Waals surface area (Å²) in [4.78, 5) is 26.1. The molecule has 1 aromatic carbocycles. The number of alkyl halides is 3. The van der Waals surface area contributed by atoms with Crippen LogP contribution in [0.15, 0.2) is 51.2 Å². The molecule has 2 fully saturated rings. The highest BCUT2D eigenvalue weighted by molar-refractivity contribution is 7.91. The van der Waals surface area contributed by atoms with Gasteiger partial charge in [-0.15, -0.1) is 11.3 Å². The van der Waals surface area contributed by atoms with Gasteiger partial charge >= 0.3 is 18.2 Å². The number of morpholine rings is 1. The standard InChI is InChI=1S/C26H26F3N3O8S2/c27-26(28,29)21-14-19(30-40-21)20-6-7-22(41-20)42(36,37)31-25(23(33)34)15-18(25)17-5-1-3-16(13-17)4-2-10-39-24(35)32-8-11-38-12-9-32/h1,3,5-7,13-14,18,31H,2,4,8-12,15H2,(H,33,34)/t18-,25+/m1/s1. The van der Waals surface area contributed by atoms with Crippen LogP contribution >= 0.6 is 11.3 Å². The van der Waals surface area contributed by atoms with Gasteiger partial charge in [-0.1, -0.05) is 29.4 Å². The minimum atomic E-state index is -4.75. The Labute approximate surface area is 242 Å². The van der Waals surface area contributed by atoms with Gasteiger partial charge in [-0.2, -0.15) is 17.9 Å². The predicted octanol–water partition coefficient (Wildman–Crippen LogP) is 4.11. The molecule has 3 heterocycles. The molecule has 3 aromatic rings. The summed E-state index contributed by atoms with van der Waals surface area (Å²) < 4.78 is 81.7. The number of hydrogen-bond donors (Lipinski definition) is 2. The molecule has 1 saturated heterocycles. The number of nitrogens with one attached hydrogen (secondary N) is 1. The summed E-state index contributed by atoms with van der Waals surface area (Å²) in [6, 6.07) is 10.2. The highest BCUT2D eigenvalue weighted by Gasteiger charge is 2.63. The lowest BCUT2D eigenvalue weighted by Crippen LogP contribution is -2.44. The molecule has 0 unspecified atom stereocenters. The number of carbonyl (C=O) groups excluding carboxylic acids is 1. The van der Waals surface area contributed by atoms with Gasteiger partial charge in [-0.25, -0.2) is 13.2 Å². The average Bonchev–Trinajstić information content (AvgIpc) is 3.29. The minimum Gasteiger partial charge on any atom is -0.480 e. The molecule has 1 saturated carbocycles. The first-order valence-electron chi connectivity index (χ1n) is 12.9. The number of aliphatic carboxylic acids is 1. The van der Waals surface area contributed by atoms with Crippen molar-refractivity contribution < 1.29 is 50.3 Å². The van der Waals surface area contributed by atoms with Crippen molar-refractivity contribution in [3.8, 4) is 10.6 Å². The van der Waals surface area contributed by atoms with Gasteiger partial charge in [0, 0.05) is 25.1 Å². The molecular formula is C26H26F3N3O8S2. The van der Waals surface area contributed by atoms with Crippen LogP contribution in [-0.2, 0) is 36.9 Å². The quantitative estimate of drug-likeness (QED) is 0.316. The monoisotopic (exact) mass is 629 g/mol. The van der Waals surface area contributed by atoms with Gasteiger partial charge in [0.2, 0.25) is 5.76 Å². The average molecular weight is 630 g/mol. The Morgan fingerprint density at radius 2 is 1.95 bits per heavy atom. The van der Waals surface area contributed by atoms with E-state index in [4.69, 9.17) is 9.47 Å². The largest absolute Gasteiger partial charge is 0.480 e. The molecule has 16 heteroatoms. The maximum Gasteiger partial charge on any atom is 0.452 e. The Hall–Kier alpha value is -3.47. The molecule has 2 aliphatic rings. The van der Waals surface area contributed by atoms with Crippen LogP contribution in [0.25, 0.3) is 10.6 Å². The predicted molar refractivity (Wildman–Crippen MR) is 141 cm³/mol. The molecule has 0 bridgehead atoms. The molecule has 1 aliphatic carbocycles. The van der Waals surface area contributed by atoms with E-state index in [0.29, 0.717) is 62.1 Å². The van der Waals surface area contributed by atoms with Crippen LogP contribution < -0.4 is 4.72 Å². The number of aromatic nitrogens is 1. The Morgan fingerprint density at radius 1 is 1.19 bits per heavy atom. The number of rotatable bonds is 10. The second kappa shape index (κ2) is 11.7. The van der Waals surface area contributed by atoms with E-state index in [1.165, 1.54) is 12.1 Å². The van der Waals surface area contributed by atoms with Gasteiger partial charge in [0.25, 0.3) is 10.0 Å². The lowest BCUT2D eigenvalue weighted by molar-refractivity contribution is -0.155. The molecule has 0 spiro atoms. The smallest absolute Gasteiger partial charge is 0.452 e. The first kappa shape index (κ1) is 30.0. The van der Waals surface area contributed by atoms with Gasteiger partial charge in [0.1, 0.15) is 15.4 Å². The zero-order valence-corrected chi connectivity index (χ0v) is 23.6. The molecule has 1 amide bonds. The summed E-state index contributed by atoms with van der Waals surface area (Å²) in [5.74, 6) is -3.32. The topological polar surface area (TPSA) is 148 Å². The minimum absolute atomic E-state index is 0.0125. The number of nitrogens with zero attached hydrogens (tertiary/aromatic N) is 2. The van der Waals surface area contributed by atoms with Gasteiger partial charge in [0.05, 0.1) is 24.7 Å². The highest BCUT2D eigenvalue weighted by Crippen LogP contribution is 2.53. The lowest BCUT2D eigenvalue weighted by atomic mass is 10.0. The maximum atomic E-state index is 13.1. The Balaban J connectivity index is 1.22. The second-order valence-electron chi connectivity index (χ2n) is 9.89. The molecule has 2 N–H and O–H groups in total. The van der Waals surface area contributed by atoms with Crippen molar-refractivity contribution in [3.05, 3.63) is 59.4 Å². The lowest BCUT2D eigenvalue weighted by Gasteiger charge is -2.25. The van der Waals surface area contributed by atoms with Crippen molar-refractivity contribution in [2.45, 2.75) is 41.1 Å². The van der Waals surface area contributed by atoms with E-state index in [2.05, 4.69) is 14.4 Å². The number of carboxylic acid groups (broad SMARTS) is 1. The Morgan fingerprint density at radius 3 is 2.64 bits per heavy atom. The van der Waals surface area contributed by atoms with E-state index >= 15 is 0 Å². The van der Waals surface area contributed by atoms with Crippen LogP contribution in [0, 0.1) is 0 Å². The number of ether oxygens (including phenoxy) is 2. The van der Waals surface area contributed by atoms with Crippen LogP contribution in [0.4, 0.5) is 18.0 Å². The zero-order chi connectivity index (χ0) is 30.1. The van der Waals surface area contributed by atoms with Gasteiger partial charge in [0.15, 0.2) is 0 Å². The molecule has 0 radical (unpaired) electrons. The van der Waals surface area contributed by atoms with Crippen LogP contribution in [-0.4, -0.2) is 74.1 Å². The van der Waals surface area contributed by atoms with Gasteiger partial charge in [-0.3, -0.25) is 4.79 Å². The number of hydrogen-bond acceptors (Lipinski definition) is 9. The molecule has 2 aromatic heterocycles. The number of carboxylic acids is 1. The molecule has 226 valence electrons. The molecule has 5 rings (SSSR count). The molecular weight excluding hydrogens is 603 g/mol. The van der Waals surface area contributed by atoms with Crippen LogP contribution in [0.1, 0.15) is 35.6 Å². The zero-order valence-electron chi connectivity index (χ0n) is 21.9. The molecule has 11 nitrogen and oxygen atoms in total. The summed E-state index contributed by atoms with van der Waals surface area (Å²) in [7, 11) is -4.35. The van der Waals surface area contributed by atoms with E-state index in [1.807, 2.05) is 6.07 Å². The number of sulfonamides is 1. The summed E-state index contributed by atoms with van der Waals surface area (Å²) in [5.41, 5.74) is -0.472. The third-order valence-electron chi connectivity index (χ3n) is 7.01. The van der Waals surface area contributed by atoms with Crippen LogP contribution in [0.2, 0.25) is 0 Å². The Kier molecular flexibility index (Phi) is 8.33. The number of halogens is 3. The van der Waals surface area contributed by atoms with Gasteiger partial charge in [-0.05, 0) is 42.5 Å². The first-order chi connectivity index (χ1) is 19.9. The third-order valence-corrected chi connectivity index (χ3v) is 10.1. The number of amides is 1. The van der Waals surface area contributed by atoms with Crippen molar-refractivity contribution in [1.82, 2.24) is 14.8 Å². The van der Waals surface area contributed by atoms with Gasteiger partial charge < -0.3 is 24.0 Å². The number of aryl methyl sites for hydroxylation is 1. The Bertz CT molecular complexity index is 1570. The van der Waals surface area contributed by atoms with Crippen molar-refractivity contribution in [2.75, 3.05) is 32.9 Å². The van der Waals surface area contributed by atoms with Crippen molar-refractivity contribution >= 4 is 33.4 Å². The van der Waals surface area contributed by atoms with E-state index in [1.54, 1.807) is 23.1 Å². The number of benzene rings is 1. The van der Waals surface area contributed by atoms with Crippen LogP contribution in [0.5, 0.6) is 0 Å². The SMILES string of the molecule is O=C(OCCCc1cccc([C@H]2C[C@@]2(NS(=O)(=O)c2ccc(-c3cc(C(F)(F)F)on3)s2)C(=O)O)c1)N1CCOCC1. The van der Waals surface area contributed by atoms with Crippen molar-refractivity contribution in [1.29, 1.82) is 0 Å². The highest BCUT2D eigenvalue weighted by atomic mass is 32.2. The molecule has 42 heavy (non-hydrogen) atoms. The summed E-state index contributed by atoms with van der Waals surface area (Å²) in [6.45, 7) is 2.11. The molecule has 2 atom stereocenters. The third kappa shape index (κ3) is 6.45. The second-order valence-corrected chi connectivity index (χ2v) is 12.9. The summed E-state index contributed by atoms with van der Waals surface area (Å²) in [5, 5.41) is 13.4. The van der Waals surface area contributed by atoms with E-state index < -0.39 is 45.5 Å². The van der Waals surface area contributed by atoms with Crippen molar-refractivity contribution in [3.63, 3.8) is 0 Å². The number of thiophene rings is 1. The van der Waals surface area contributed by atoms with E-state index in [0.717, 1.165) is 5.56 Å². The number of carbonyl (C=O) groups is 2. The first-order valence-corrected chi connectivity index (χ1v) is 15.2. The van der Waals surface area contributed by atoms with Crippen molar-refractivity contribution in [2.24, 2.45) is 0 Å².